The van der Waals surface area contributed by atoms with Gasteiger partial charge in [0.25, 0.3) is 0 Å². The van der Waals surface area contributed by atoms with Crippen LogP contribution in [0.25, 0.3) is 0 Å². The van der Waals surface area contributed by atoms with Gasteiger partial charge in [-0.1, -0.05) is 170 Å². The third kappa shape index (κ3) is 14.4. The van der Waals surface area contributed by atoms with E-state index in [4.69, 9.17) is 9.98 Å². The van der Waals surface area contributed by atoms with E-state index in [1.165, 1.54) is 0 Å². The summed E-state index contributed by atoms with van der Waals surface area (Å²) in [5, 5.41) is 53.4. The van der Waals surface area contributed by atoms with Crippen molar-refractivity contribution in [3.8, 4) is 0 Å². The van der Waals surface area contributed by atoms with Gasteiger partial charge in [-0.25, -0.2) is 0 Å². The van der Waals surface area contributed by atoms with Crippen LogP contribution in [0.2, 0.25) is 0 Å². The molecular formula is C58H54N6Ni2O6. The SMILES string of the molecule is O=C([O-])[C@H](C/C=C/C[C@H](N=C(c1ccccc1)c1ccccc1N=C([O-])[C@@H]1CCCN1Cc1ccccc1)C(=O)[O-])N=C(c1ccccc1)c1ccccc1N=C([O-])[C@@H]1CCCN1Cc1ccccc1.[Ni+2].[Ni+2]. The van der Waals surface area contributed by atoms with E-state index in [0.29, 0.717) is 71.0 Å². The van der Waals surface area contributed by atoms with Gasteiger partial charge in [-0.15, -0.1) is 0 Å². The Bertz CT molecular complexity index is 2670. The summed E-state index contributed by atoms with van der Waals surface area (Å²) in [4.78, 5) is 48.6. The third-order valence-electron chi connectivity index (χ3n) is 12.6. The fourth-order valence-electron chi connectivity index (χ4n) is 9.11. The molecule has 0 aromatic heterocycles. The first-order valence-corrected chi connectivity index (χ1v) is 23.8. The summed E-state index contributed by atoms with van der Waals surface area (Å²) < 4.78 is 0. The molecule has 72 heavy (non-hydrogen) atoms. The van der Waals surface area contributed by atoms with Crippen molar-refractivity contribution in [2.45, 2.75) is 75.8 Å². The maximum absolute atomic E-state index is 13.9. The maximum atomic E-state index is 13.9. The molecule has 8 rings (SSSR count). The summed E-state index contributed by atoms with van der Waals surface area (Å²) in [6.07, 6.45) is 5.89. The van der Waals surface area contributed by atoms with Gasteiger partial charge in [-0.2, -0.15) is 0 Å². The minimum atomic E-state index is -1.44. The Balaban J connectivity index is 0.00000423. The third-order valence-corrected chi connectivity index (χ3v) is 12.6. The van der Waals surface area contributed by atoms with Gasteiger partial charge in [0.1, 0.15) is 0 Å². The molecule has 14 heteroatoms. The number of carboxylic acid groups (broad SMARTS) is 2. The molecule has 2 fully saturated rings. The van der Waals surface area contributed by atoms with Crippen molar-refractivity contribution >= 4 is 46.5 Å². The van der Waals surface area contributed by atoms with Crippen LogP contribution in [0.1, 0.15) is 71.9 Å². The number of benzene rings is 6. The number of likely N-dealkylation sites (tertiary alicyclic amines) is 2. The molecule has 372 valence electrons. The molecular weight excluding hydrogens is 994 g/mol. The van der Waals surface area contributed by atoms with Crippen LogP contribution in [0.15, 0.2) is 202 Å². The number of aliphatic imine (C=N–C) groups is 4. The molecule has 0 aliphatic carbocycles. The van der Waals surface area contributed by atoms with Crippen LogP contribution in [-0.2, 0) is 55.7 Å². The van der Waals surface area contributed by atoms with Crippen molar-refractivity contribution in [2.75, 3.05) is 13.1 Å². The average Bonchev–Trinajstić information content (AvgIpc) is 4.06. The second-order valence-electron chi connectivity index (χ2n) is 17.5. The topological polar surface area (TPSA) is 182 Å². The first-order chi connectivity index (χ1) is 34.2. The molecule has 0 bridgehead atoms. The van der Waals surface area contributed by atoms with Gasteiger partial charge in [0, 0.05) is 47.4 Å². The number of hydrogen-bond acceptors (Lipinski definition) is 12. The second kappa shape index (κ2) is 27.1. The Kier molecular flexibility index (Phi) is 20.5. The molecule has 0 radical (unpaired) electrons. The molecule has 2 heterocycles. The van der Waals surface area contributed by atoms with Gasteiger partial charge in [-0.3, -0.25) is 29.8 Å². The van der Waals surface area contributed by atoms with Crippen LogP contribution in [0, 0.1) is 0 Å². The molecule has 6 aromatic rings. The van der Waals surface area contributed by atoms with E-state index in [1.807, 2.05) is 121 Å². The van der Waals surface area contributed by atoms with Gasteiger partial charge in [0.2, 0.25) is 0 Å². The van der Waals surface area contributed by atoms with Crippen LogP contribution in [0.5, 0.6) is 0 Å². The molecule has 0 saturated carbocycles. The molecule has 4 atom stereocenters. The Labute approximate surface area is 441 Å². The van der Waals surface area contributed by atoms with Crippen LogP contribution < -0.4 is 20.4 Å². The first-order valence-electron chi connectivity index (χ1n) is 23.8. The first kappa shape index (κ1) is 54.5. The number of carbonyl (C=O) groups excluding carboxylic acids is 2. The van der Waals surface area contributed by atoms with E-state index in [9.17, 15) is 30.0 Å². The standard InChI is InChI=1S/C58H58N6O6.2Ni/c65-55(51-35-19-37-63(51)39-41-21-5-1-6-22-41)61-47-31-15-13-29-45(47)53(43-25-9-3-10-26-43)59-49(57(67)68)33-17-18-34-50(58(69)70)60-54(44-27-11-4-12-28-44)46-30-14-16-32-48(46)62-56(66)52-36-20-38-64(52)40-42-23-7-2-8-24-42;;/h1-18,21-32,49-52H,19-20,33-40H2,(H,61,65)(H,62,66)(H,67,68)(H,69,70);;/q;2*+2/p-4/b18-17+,59-53?,60-54?;;/t49-,50-,51-,52-;;/m0../s1. The van der Waals surface area contributed by atoms with Gasteiger partial charge in [0.05, 0.1) is 46.8 Å². The number of rotatable bonds is 20. The maximum Gasteiger partial charge on any atom is 2.00 e. The fraction of sp³-hybridized carbons (Fsp3) is 0.241. The van der Waals surface area contributed by atoms with E-state index in [0.717, 1.165) is 37.1 Å². The molecule has 2 aliphatic rings. The average molecular weight is 1050 g/mol. The van der Waals surface area contributed by atoms with E-state index >= 15 is 0 Å². The second-order valence-corrected chi connectivity index (χ2v) is 17.5. The molecule has 0 unspecified atom stereocenters. The minimum absolute atomic E-state index is 0. The van der Waals surface area contributed by atoms with Crippen molar-refractivity contribution in [1.82, 2.24) is 9.80 Å². The van der Waals surface area contributed by atoms with Crippen molar-refractivity contribution < 1.29 is 63.0 Å². The zero-order valence-corrected chi connectivity index (χ0v) is 41.4. The number of aliphatic carboxylic acids is 2. The largest absolute Gasteiger partial charge is 2.00 e. The van der Waals surface area contributed by atoms with Crippen molar-refractivity contribution in [3.05, 3.63) is 215 Å². The number of para-hydroxylation sites is 2. The van der Waals surface area contributed by atoms with E-state index in [-0.39, 0.29) is 57.6 Å². The number of carboxylic acids is 2. The minimum Gasteiger partial charge on any atom is -0.861 e. The van der Waals surface area contributed by atoms with E-state index < -0.39 is 36.1 Å². The molecule has 12 nitrogen and oxygen atoms in total. The molecule has 0 amide bonds. The Morgan fingerprint density at radius 2 is 0.819 bits per heavy atom. The monoisotopic (exact) mass is 1050 g/mol. The van der Waals surface area contributed by atoms with Crippen molar-refractivity contribution in [3.63, 3.8) is 0 Å². The normalized spacial score (nSPS) is 17.8. The predicted octanol–water partition coefficient (Wildman–Crippen LogP) is 5.74. The zero-order chi connectivity index (χ0) is 48.7. The zero-order valence-electron chi connectivity index (χ0n) is 39.5. The van der Waals surface area contributed by atoms with Gasteiger partial charge >= 0.3 is 33.0 Å². The van der Waals surface area contributed by atoms with Crippen molar-refractivity contribution in [1.29, 1.82) is 0 Å². The number of carbonyl (C=O) groups is 2. The van der Waals surface area contributed by atoms with E-state index in [1.54, 1.807) is 60.7 Å². The molecule has 0 spiro atoms. The Morgan fingerprint density at radius 1 is 0.486 bits per heavy atom. The van der Waals surface area contributed by atoms with E-state index in [2.05, 4.69) is 19.8 Å². The van der Waals surface area contributed by atoms with Gasteiger partial charge < -0.3 is 30.0 Å². The molecule has 2 aliphatic heterocycles. The van der Waals surface area contributed by atoms with Gasteiger partial charge in [-0.05, 0) is 86.7 Å². The quantitative estimate of drug-likeness (QED) is 0.0402. The Hall–Kier alpha value is -6.81. The smallest absolute Gasteiger partial charge is 0.861 e. The molecule has 6 aromatic carbocycles. The van der Waals surface area contributed by atoms with Crippen LogP contribution in [0.3, 0.4) is 0 Å². The van der Waals surface area contributed by atoms with Gasteiger partial charge in [0.15, 0.2) is 0 Å². The number of nitrogens with zero attached hydrogens (tertiary/aromatic N) is 6. The summed E-state index contributed by atoms with van der Waals surface area (Å²) in [6, 6.07) is 48.6. The Morgan fingerprint density at radius 3 is 1.18 bits per heavy atom. The summed E-state index contributed by atoms with van der Waals surface area (Å²) >= 11 is 0. The summed E-state index contributed by atoms with van der Waals surface area (Å²) in [5.74, 6) is -3.45. The van der Waals surface area contributed by atoms with Crippen LogP contribution in [0.4, 0.5) is 11.4 Å². The van der Waals surface area contributed by atoms with Crippen molar-refractivity contribution in [2.24, 2.45) is 20.0 Å². The fourth-order valence-corrected chi connectivity index (χ4v) is 9.11. The summed E-state index contributed by atoms with van der Waals surface area (Å²) in [5.41, 5.74) is 5.74. The molecule has 0 N–H and O–H groups in total. The predicted molar refractivity (Wildman–Crippen MR) is 267 cm³/mol. The van der Waals surface area contributed by atoms with Crippen LogP contribution in [-0.4, -0.2) is 82.2 Å². The number of hydrogen-bond donors (Lipinski definition) is 0. The van der Waals surface area contributed by atoms with Crippen LogP contribution >= 0.6 is 0 Å². The molecule has 2 saturated heterocycles. The summed E-state index contributed by atoms with van der Waals surface area (Å²) in [7, 11) is 0. The summed E-state index contributed by atoms with van der Waals surface area (Å²) in [6.45, 7) is 2.79.